The number of nitrogens with zero attached hydrogens (tertiary/aromatic N) is 1. The van der Waals surface area contributed by atoms with Crippen molar-refractivity contribution in [3.63, 3.8) is 0 Å². The SMILES string of the molecule is CC(=O)Sc1ccc(C(C)(C)c2ccc(SC(=O)N(C)C)cc2)cc1. The summed E-state index contributed by atoms with van der Waals surface area (Å²) in [5.41, 5.74) is 2.21. The third kappa shape index (κ3) is 5.13. The Morgan fingerprint density at radius 1 is 0.800 bits per heavy atom. The van der Waals surface area contributed by atoms with Gasteiger partial charge in [0.2, 0.25) is 0 Å². The lowest BCUT2D eigenvalue weighted by Gasteiger charge is -2.26. The van der Waals surface area contributed by atoms with Crippen molar-refractivity contribution in [1.29, 1.82) is 0 Å². The fourth-order valence-electron chi connectivity index (χ4n) is 2.40. The van der Waals surface area contributed by atoms with Gasteiger partial charge >= 0.3 is 0 Å². The molecule has 0 aliphatic carbocycles. The van der Waals surface area contributed by atoms with Crippen LogP contribution in [-0.4, -0.2) is 29.3 Å². The molecule has 0 bridgehead atoms. The number of hydrogen-bond acceptors (Lipinski definition) is 4. The van der Waals surface area contributed by atoms with Crippen molar-refractivity contribution < 1.29 is 9.59 Å². The Hall–Kier alpha value is -1.72. The van der Waals surface area contributed by atoms with Gasteiger partial charge < -0.3 is 4.90 Å². The molecule has 3 nitrogen and oxygen atoms in total. The Labute approximate surface area is 158 Å². The van der Waals surface area contributed by atoms with Crippen LogP contribution in [-0.2, 0) is 10.2 Å². The Balaban J connectivity index is 2.18. The van der Waals surface area contributed by atoms with E-state index in [1.54, 1.807) is 25.9 Å². The number of carbonyl (C=O) groups is 2. The van der Waals surface area contributed by atoms with Crippen LogP contribution in [0.4, 0.5) is 4.79 Å². The molecular formula is C20H23NO2S2. The minimum Gasteiger partial charge on any atom is -0.339 e. The van der Waals surface area contributed by atoms with E-state index in [9.17, 15) is 9.59 Å². The summed E-state index contributed by atoms with van der Waals surface area (Å²) in [6.07, 6.45) is 0. The number of benzene rings is 2. The van der Waals surface area contributed by atoms with E-state index in [2.05, 4.69) is 38.1 Å². The third-order valence-corrected chi connectivity index (χ3v) is 5.83. The van der Waals surface area contributed by atoms with Crippen LogP contribution in [0.5, 0.6) is 0 Å². The zero-order valence-electron chi connectivity index (χ0n) is 15.2. The highest BCUT2D eigenvalue weighted by Crippen LogP contribution is 2.34. The van der Waals surface area contributed by atoms with Crippen LogP contribution in [0.25, 0.3) is 0 Å². The van der Waals surface area contributed by atoms with Crippen molar-refractivity contribution in [2.45, 2.75) is 36.0 Å². The Morgan fingerprint density at radius 2 is 1.20 bits per heavy atom. The maximum Gasteiger partial charge on any atom is 0.285 e. The van der Waals surface area contributed by atoms with Gasteiger partial charge in [-0.2, -0.15) is 0 Å². The average molecular weight is 374 g/mol. The fourth-order valence-corrected chi connectivity index (χ4v) is 3.66. The van der Waals surface area contributed by atoms with Crippen LogP contribution in [0.15, 0.2) is 58.3 Å². The molecule has 0 aromatic heterocycles. The van der Waals surface area contributed by atoms with E-state index < -0.39 is 0 Å². The smallest absolute Gasteiger partial charge is 0.285 e. The summed E-state index contributed by atoms with van der Waals surface area (Å²) in [5, 5.41) is 0.109. The van der Waals surface area contributed by atoms with E-state index in [0.29, 0.717) is 0 Å². The molecule has 0 fully saturated rings. The van der Waals surface area contributed by atoms with Crippen LogP contribution < -0.4 is 0 Å². The minimum atomic E-state index is -0.159. The van der Waals surface area contributed by atoms with Gasteiger partial charge in [0.1, 0.15) is 0 Å². The topological polar surface area (TPSA) is 37.4 Å². The fraction of sp³-hybridized carbons (Fsp3) is 0.300. The molecule has 0 saturated carbocycles. The maximum atomic E-state index is 11.8. The van der Waals surface area contributed by atoms with Crippen molar-refractivity contribution in [3.8, 4) is 0 Å². The molecular weight excluding hydrogens is 350 g/mol. The number of amides is 1. The zero-order valence-corrected chi connectivity index (χ0v) is 16.8. The molecule has 0 atom stereocenters. The maximum absolute atomic E-state index is 11.8. The predicted octanol–water partition coefficient (Wildman–Crippen LogP) is 5.42. The molecule has 0 spiro atoms. The number of hydrogen-bond donors (Lipinski definition) is 0. The van der Waals surface area contributed by atoms with Gasteiger partial charge in [0.05, 0.1) is 0 Å². The molecule has 0 heterocycles. The number of thioether (sulfide) groups is 2. The normalized spacial score (nSPS) is 11.2. The van der Waals surface area contributed by atoms with Crippen LogP contribution in [0.1, 0.15) is 31.9 Å². The number of rotatable bonds is 4. The molecule has 0 N–H and O–H groups in total. The first-order valence-electron chi connectivity index (χ1n) is 7.99. The Morgan fingerprint density at radius 3 is 1.56 bits per heavy atom. The van der Waals surface area contributed by atoms with Gasteiger partial charge in [-0.3, -0.25) is 9.59 Å². The first-order valence-corrected chi connectivity index (χ1v) is 9.62. The van der Waals surface area contributed by atoms with Gasteiger partial charge in [0.25, 0.3) is 5.24 Å². The van der Waals surface area contributed by atoms with E-state index in [1.807, 2.05) is 24.3 Å². The lowest BCUT2D eigenvalue weighted by molar-refractivity contribution is -0.109. The summed E-state index contributed by atoms with van der Waals surface area (Å²) in [7, 11) is 3.50. The van der Waals surface area contributed by atoms with Crippen LogP contribution in [0.2, 0.25) is 0 Å². The molecule has 5 heteroatoms. The van der Waals surface area contributed by atoms with Gasteiger partial charge in [-0.15, -0.1) is 0 Å². The summed E-state index contributed by atoms with van der Waals surface area (Å²) in [4.78, 5) is 26.5. The average Bonchev–Trinajstić information content (AvgIpc) is 2.55. The molecule has 0 saturated heterocycles. The first-order chi connectivity index (χ1) is 11.7. The molecule has 0 unspecified atom stereocenters. The van der Waals surface area contributed by atoms with Crippen molar-refractivity contribution >= 4 is 33.9 Å². The predicted molar refractivity (Wildman–Crippen MR) is 106 cm³/mol. The van der Waals surface area contributed by atoms with Crippen molar-refractivity contribution in [2.24, 2.45) is 0 Å². The van der Waals surface area contributed by atoms with Crippen molar-refractivity contribution in [1.82, 2.24) is 4.90 Å². The molecule has 2 aromatic rings. The summed E-state index contributed by atoms with van der Waals surface area (Å²) in [6.45, 7) is 5.92. The van der Waals surface area contributed by atoms with E-state index >= 15 is 0 Å². The van der Waals surface area contributed by atoms with Crippen LogP contribution in [0.3, 0.4) is 0 Å². The lowest BCUT2D eigenvalue weighted by atomic mass is 9.78. The second-order valence-electron chi connectivity index (χ2n) is 6.53. The highest BCUT2D eigenvalue weighted by atomic mass is 32.2. The standard InChI is InChI=1S/C20H23NO2S2/c1-14(22)24-17-10-6-15(7-11-17)20(2,3)16-8-12-18(13-9-16)25-19(23)21(4)5/h6-13H,1-5H3. The lowest BCUT2D eigenvalue weighted by Crippen LogP contribution is -2.19. The largest absolute Gasteiger partial charge is 0.339 e. The summed E-state index contributed by atoms with van der Waals surface area (Å²) in [6, 6.07) is 16.2. The van der Waals surface area contributed by atoms with E-state index in [-0.39, 0.29) is 15.8 Å². The van der Waals surface area contributed by atoms with Crippen molar-refractivity contribution in [2.75, 3.05) is 14.1 Å². The van der Waals surface area contributed by atoms with Crippen LogP contribution >= 0.6 is 23.5 Å². The Kier molecular flexibility index (Phi) is 6.36. The molecule has 2 aromatic carbocycles. The van der Waals surface area contributed by atoms with Crippen molar-refractivity contribution in [3.05, 3.63) is 59.7 Å². The highest BCUT2D eigenvalue weighted by Gasteiger charge is 2.23. The molecule has 2 rings (SSSR count). The van der Waals surface area contributed by atoms with Gasteiger partial charge in [-0.05, 0) is 47.2 Å². The van der Waals surface area contributed by atoms with Gasteiger partial charge in [-0.1, -0.05) is 49.9 Å². The second kappa shape index (κ2) is 8.11. The molecule has 1 amide bonds. The van der Waals surface area contributed by atoms with E-state index in [1.165, 1.54) is 34.7 Å². The number of carbonyl (C=O) groups excluding carboxylic acids is 2. The summed E-state index contributed by atoms with van der Waals surface area (Å²) in [5.74, 6) is 0. The van der Waals surface area contributed by atoms with Gasteiger partial charge in [0.15, 0.2) is 5.12 Å². The van der Waals surface area contributed by atoms with E-state index in [4.69, 9.17) is 0 Å². The third-order valence-electron chi connectivity index (χ3n) is 3.98. The highest BCUT2D eigenvalue weighted by molar-refractivity contribution is 8.13. The zero-order chi connectivity index (χ0) is 18.6. The summed E-state index contributed by atoms with van der Waals surface area (Å²) < 4.78 is 0. The quantitative estimate of drug-likeness (QED) is 0.670. The Bertz CT molecular complexity index is 750. The molecule has 25 heavy (non-hydrogen) atoms. The van der Waals surface area contributed by atoms with Crippen LogP contribution in [0, 0.1) is 0 Å². The minimum absolute atomic E-state index is 0.0190. The molecule has 0 aliphatic heterocycles. The summed E-state index contributed by atoms with van der Waals surface area (Å²) >= 11 is 2.47. The van der Waals surface area contributed by atoms with E-state index in [0.717, 1.165) is 9.79 Å². The molecule has 0 aliphatic rings. The van der Waals surface area contributed by atoms with Gasteiger partial charge in [0, 0.05) is 36.2 Å². The molecule has 0 radical (unpaired) electrons. The second-order valence-corrected chi connectivity index (χ2v) is 8.81. The van der Waals surface area contributed by atoms with Gasteiger partial charge in [-0.25, -0.2) is 0 Å². The monoisotopic (exact) mass is 373 g/mol. The first kappa shape index (κ1) is 19.6. The molecule has 132 valence electrons.